The van der Waals surface area contributed by atoms with E-state index in [-0.39, 0.29) is 0 Å². The Bertz CT molecular complexity index is 467. The molecule has 0 spiro atoms. The van der Waals surface area contributed by atoms with Gasteiger partial charge in [0.1, 0.15) is 6.26 Å². The van der Waals surface area contributed by atoms with E-state index in [1.807, 2.05) is 18.3 Å². The highest BCUT2D eigenvalue weighted by atomic mass is 16.5. The summed E-state index contributed by atoms with van der Waals surface area (Å²) >= 11 is 0. The molecule has 1 atom stereocenters. The first-order valence-electron chi connectivity index (χ1n) is 5.50. The van der Waals surface area contributed by atoms with Gasteiger partial charge in [-0.1, -0.05) is 11.2 Å². The first-order valence-corrected chi connectivity index (χ1v) is 5.50. The zero-order valence-electron chi connectivity index (χ0n) is 8.89. The summed E-state index contributed by atoms with van der Waals surface area (Å²) in [6, 6.07) is 6.38. The molecule has 0 saturated heterocycles. The van der Waals surface area contributed by atoms with Crippen LogP contribution in [0.15, 0.2) is 35.2 Å². The van der Waals surface area contributed by atoms with Gasteiger partial charge in [-0.25, -0.2) is 0 Å². The molecule has 0 saturated carbocycles. The Morgan fingerprint density at radius 3 is 3.31 bits per heavy atom. The summed E-state index contributed by atoms with van der Waals surface area (Å²) in [5.41, 5.74) is 3.48. The van der Waals surface area contributed by atoms with E-state index in [9.17, 15) is 0 Å². The molecule has 1 N–H and O–H groups in total. The van der Waals surface area contributed by atoms with Gasteiger partial charge in [0.2, 0.25) is 0 Å². The third kappa shape index (κ3) is 1.72. The molecule has 4 nitrogen and oxygen atoms in total. The van der Waals surface area contributed by atoms with Crippen LogP contribution in [0.25, 0.3) is 0 Å². The molecule has 3 rings (SSSR count). The van der Waals surface area contributed by atoms with Crippen molar-refractivity contribution in [3.8, 4) is 0 Å². The van der Waals surface area contributed by atoms with Gasteiger partial charge < -0.3 is 9.84 Å². The van der Waals surface area contributed by atoms with Crippen LogP contribution >= 0.6 is 0 Å². The van der Waals surface area contributed by atoms with Crippen LogP contribution in [0.2, 0.25) is 0 Å². The lowest BCUT2D eigenvalue weighted by atomic mass is 10.2. The summed E-state index contributed by atoms with van der Waals surface area (Å²) in [6.45, 7) is 0.733. The lowest BCUT2D eigenvalue weighted by molar-refractivity contribution is 0.404. The Labute approximate surface area is 93.7 Å². The molecule has 0 aliphatic heterocycles. The van der Waals surface area contributed by atoms with Crippen molar-refractivity contribution < 1.29 is 4.52 Å². The number of rotatable bonds is 3. The van der Waals surface area contributed by atoms with Crippen molar-refractivity contribution in [1.29, 1.82) is 0 Å². The van der Waals surface area contributed by atoms with Crippen molar-refractivity contribution >= 4 is 0 Å². The largest absolute Gasteiger partial charge is 0.364 e. The van der Waals surface area contributed by atoms with Crippen LogP contribution in [0.1, 0.15) is 29.4 Å². The van der Waals surface area contributed by atoms with Gasteiger partial charge in [0.05, 0.1) is 17.4 Å². The summed E-state index contributed by atoms with van der Waals surface area (Å²) in [5, 5.41) is 7.33. The molecular formula is C12H13N3O. The minimum Gasteiger partial charge on any atom is -0.364 e. The standard InChI is InChI=1S/C12H13N3O/c1-2-9-3-4-11(12(9)13-6-1)14-8-10-5-7-16-15-10/h1-2,5-7,11,14H,3-4,8H2. The number of aryl methyl sites for hydroxylation is 1. The van der Waals surface area contributed by atoms with Crippen LogP contribution in [0, 0.1) is 0 Å². The van der Waals surface area contributed by atoms with Gasteiger partial charge >= 0.3 is 0 Å². The molecule has 0 radical (unpaired) electrons. The second kappa shape index (κ2) is 4.06. The number of nitrogens with one attached hydrogen (secondary N) is 1. The van der Waals surface area contributed by atoms with Crippen LogP contribution in [0.3, 0.4) is 0 Å². The van der Waals surface area contributed by atoms with E-state index >= 15 is 0 Å². The fourth-order valence-electron chi connectivity index (χ4n) is 2.17. The highest BCUT2D eigenvalue weighted by Crippen LogP contribution is 2.28. The average molecular weight is 215 g/mol. The first kappa shape index (κ1) is 9.54. The molecule has 4 heteroatoms. The molecular weight excluding hydrogens is 202 g/mol. The van der Waals surface area contributed by atoms with Gasteiger partial charge in [0, 0.05) is 18.8 Å². The Morgan fingerprint density at radius 1 is 1.44 bits per heavy atom. The molecule has 82 valence electrons. The van der Waals surface area contributed by atoms with Crippen LogP contribution in [0.5, 0.6) is 0 Å². The van der Waals surface area contributed by atoms with E-state index in [1.54, 1.807) is 6.26 Å². The van der Waals surface area contributed by atoms with E-state index in [4.69, 9.17) is 4.52 Å². The van der Waals surface area contributed by atoms with E-state index in [2.05, 4.69) is 21.5 Å². The molecule has 16 heavy (non-hydrogen) atoms. The van der Waals surface area contributed by atoms with Crippen molar-refractivity contribution in [3.05, 3.63) is 47.6 Å². The Kier molecular flexibility index (Phi) is 2.42. The highest BCUT2D eigenvalue weighted by molar-refractivity contribution is 5.27. The smallest absolute Gasteiger partial charge is 0.124 e. The third-order valence-corrected chi connectivity index (χ3v) is 2.98. The molecule has 0 aromatic carbocycles. The number of hydrogen-bond donors (Lipinski definition) is 1. The maximum Gasteiger partial charge on any atom is 0.124 e. The fraction of sp³-hybridized carbons (Fsp3) is 0.333. The second-order valence-electron chi connectivity index (χ2n) is 4.01. The maximum atomic E-state index is 4.79. The van der Waals surface area contributed by atoms with Gasteiger partial charge in [-0.15, -0.1) is 0 Å². The van der Waals surface area contributed by atoms with Crippen LogP contribution in [-0.4, -0.2) is 10.1 Å². The van der Waals surface area contributed by atoms with Crippen molar-refractivity contribution in [2.24, 2.45) is 0 Å². The normalized spacial score (nSPS) is 18.6. The number of pyridine rings is 1. The Balaban J connectivity index is 1.69. The Morgan fingerprint density at radius 2 is 2.44 bits per heavy atom. The molecule has 1 aliphatic carbocycles. The topological polar surface area (TPSA) is 51.0 Å². The average Bonchev–Trinajstić information content (AvgIpc) is 2.96. The molecule has 2 aromatic heterocycles. The quantitative estimate of drug-likeness (QED) is 0.848. The van der Waals surface area contributed by atoms with Crippen LogP contribution in [-0.2, 0) is 13.0 Å². The summed E-state index contributed by atoms with van der Waals surface area (Å²) in [5.74, 6) is 0. The maximum absolute atomic E-state index is 4.79. The predicted molar refractivity (Wildman–Crippen MR) is 58.6 cm³/mol. The SMILES string of the molecule is c1cnc2c(c1)CCC2NCc1ccon1. The third-order valence-electron chi connectivity index (χ3n) is 2.98. The zero-order valence-corrected chi connectivity index (χ0v) is 8.89. The molecule has 0 amide bonds. The van der Waals surface area contributed by atoms with Gasteiger partial charge in [0.25, 0.3) is 0 Å². The first-order chi connectivity index (χ1) is 7.93. The van der Waals surface area contributed by atoms with Crippen LogP contribution < -0.4 is 5.32 Å². The van der Waals surface area contributed by atoms with Gasteiger partial charge in [-0.05, 0) is 24.5 Å². The highest BCUT2D eigenvalue weighted by Gasteiger charge is 2.22. The molecule has 1 aliphatic rings. The zero-order chi connectivity index (χ0) is 10.8. The predicted octanol–water partition coefficient (Wildman–Crippen LogP) is 1.85. The van der Waals surface area contributed by atoms with Crippen molar-refractivity contribution in [1.82, 2.24) is 15.5 Å². The summed E-state index contributed by atoms with van der Waals surface area (Å²) in [6.07, 6.45) is 5.68. The van der Waals surface area contributed by atoms with Crippen LogP contribution in [0.4, 0.5) is 0 Å². The van der Waals surface area contributed by atoms with Crippen molar-refractivity contribution in [2.75, 3.05) is 0 Å². The number of fused-ring (bicyclic) bond motifs is 1. The van der Waals surface area contributed by atoms with E-state index in [1.165, 1.54) is 11.3 Å². The van der Waals surface area contributed by atoms with Crippen molar-refractivity contribution in [3.63, 3.8) is 0 Å². The van der Waals surface area contributed by atoms with Gasteiger partial charge in [-0.2, -0.15) is 0 Å². The lowest BCUT2D eigenvalue weighted by Crippen LogP contribution is -2.19. The van der Waals surface area contributed by atoms with Gasteiger partial charge in [0.15, 0.2) is 0 Å². The molecule has 2 aromatic rings. The Hall–Kier alpha value is -1.68. The minimum absolute atomic E-state index is 0.355. The van der Waals surface area contributed by atoms with E-state index in [0.29, 0.717) is 6.04 Å². The van der Waals surface area contributed by atoms with E-state index < -0.39 is 0 Å². The monoisotopic (exact) mass is 215 g/mol. The van der Waals surface area contributed by atoms with Crippen molar-refractivity contribution in [2.45, 2.75) is 25.4 Å². The number of nitrogens with zero attached hydrogens (tertiary/aromatic N) is 2. The summed E-state index contributed by atoms with van der Waals surface area (Å²) in [7, 11) is 0. The molecule has 1 unspecified atom stereocenters. The molecule has 2 heterocycles. The molecule has 0 fully saturated rings. The molecule has 0 bridgehead atoms. The number of hydrogen-bond acceptors (Lipinski definition) is 4. The summed E-state index contributed by atoms with van der Waals surface area (Å²) in [4.78, 5) is 4.43. The van der Waals surface area contributed by atoms with Gasteiger partial charge in [-0.3, -0.25) is 4.98 Å². The van der Waals surface area contributed by atoms with E-state index in [0.717, 1.165) is 25.1 Å². The minimum atomic E-state index is 0.355. The second-order valence-corrected chi connectivity index (χ2v) is 4.01. The summed E-state index contributed by atoms with van der Waals surface area (Å²) < 4.78 is 4.79. The number of aromatic nitrogens is 2. The lowest BCUT2D eigenvalue weighted by Gasteiger charge is -2.11. The fourth-order valence-corrected chi connectivity index (χ4v) is 2.17.